The second-order valence-corrected chi connectivity index (χ2v) is 27.1. The molecule has 0 amide bonds. The van der Waals surface area contributed by atoms with E-state index in [-0.39, 0.29) is 0 Å². The van der Waals surface area contributed by atoms with Gasteiger partial charge in [-0.1, -0.05) is 283 Å². The van der Waals surface area contributed by atoms with E-state index in [1.54, 1.807) is 0 Å². The number of aromatic nitrogens is 2. The van der Waals surface area contributed by atoms with Gasteiger partial charge < -0.3 is 8.83 Å². The van der Waals surface area contributed by atoms with Crippen molar-refractivity contribution in [2.45, 2.75) is 310 Å². The van der Waals surface area contributed by atoms with E-state index in [2.05, 4.69) is 100 Å². The van der Waals surface area contributed by atoms with E-state index < -0.39 is 0 Å². The summed E-state index contributed by atoms with van der Waals surface area (Å²) in [6, 6.07) is 27.5. The lowest BCUT2D eigenvalue weighted by molar-refractivity contribution is 0.556. The van der Waals surface area contributed by atoms with E-state index in [1.807, 2.05) is 22.7 Å². The Hall–Kier alpha value is -4.00. The van der Waals surface area contributed by atoms with E-state index in [9.17, 15) is 0 Å². The first-order chi connectivity index (χ1) is 40.6. The van der Waals surface area contributed by atoms with Crippen molar-refractivity contribution < 1.29 is 8.83 Å². The van der Waals surface area contributed by atoms with Crippen molar-refractivity contribution in [3.8, 4) is 43.8 Å². The number of fused-ring (bicyclic) bond motifs is 2. The largest absolute Gasteiger partial charge is 0.435 e. The van der Waals surface area contributed by atoms with Crippen LogP contribution in [0.5, 0.6) is 0 Å². The average molecular weight is 1150 g/mol. The molecule has 0 saturated heterocycles. The van der Waals surface area contributed by atoms with Gasteiger partial charge in [-0.15, -0.1) is 22.7 Å². The Kier molecular flexibility index (Phi) is 31.6. The molecule has 0 fully saturated rings. The van der Waals surface area contributed by atoms with Gasteiger partial charge in [-0.25, -0.2) is 9.97 Å². The number of thiophene rings is 2. The predicted molar refractivity (Wildman–Crippen MR) is 361 cm³/mol. The van der Waals surface area contributed by atoms with Crippen molar-refractivity contribution in [3.63, 3.8) is 0 Å². The van der Waals surface area contributed by atoms with Crippen LogP contribution in [0.4, 0.5) is 0 Å². The van der Waals surface area contributed by atoms with Gasteiger partial charge in [0.2, 0.25) is 11.8 Å². The van der Waals surface area contributed by atoms with Gasteiger partial charge in [0.05, 0.1) is 11.1 Å². The summed E-state index contributed by atoms with van der Waals surface area (Å²) in [6.07, 6.45) is 58.6. The summed E-state index contributed by atoms with van der Waals surface area (Å²) in [5, 5.41) is 0. The number of unbranched alkanes of at least 4 members (excludes halogenated alkanes) is 36. The van der Waals surface area contributed by atoms with Crippen molar-refractivity contribution in [2.75, 3.05) is 0 Å². The molecular weight excluding hydrogens is 1040 g/mol. The third kappa shape index (κ3) is 22.4. The molecule has 0 aliphatic rings. The Morgan fingerprint density at radius 3 is 0.817 bits per heavy atom. The molecule has 0 N–H and O–H groups in total. The Bertz CT molecular complexity index is 2490. The minimum absolute atomic E-state index is 0.665. The maximum atomic E-state index is 7.18. The van der Waals surface area contributed by atoms with Gasteiger partial charge >= 0.3 is 0 Å². The lowest BCUT2D eigenvalue weighted by Crippen LogP contribution is -1.87. The van der Waals surface area contributed by atoms with E-state index in [0.717, 1.165) is 70.1 Å². The molecule has 0 unspecified atom stereocenters. The Morgan fingerprint density at radius 1 is 0.280 bits per heavy atom. The zero-order valence-electron chi connectivity index (χ0n) is 52.6. The number of rotatable bonds is 48. The number of aryl methyl sites for hydroxylation is 4. The van der Waals surface area contributed by atoms with Crippen LogP contribution < -0.4 is 0 Å². The van der Waals surface area contributed by atoms with Gasteiger partial charge in [-0.05, 0) is 111 Å². The molecule has 0 aliphatic heterocycles. The highest BCUT2D eigenvalue weighted by atomic mass is 32.1. The normalized spacial score (nSPS) is 11.9. The lowest BCUT2D eigenvalue weighted by atomic mass is 10.0. The molecule has 0 bridgehead atoms. The molecular formula is C76H112N2O2S2. The van der Waals surface area contributed by atoms with E-state index in [4.69, 9.17) is 18.8 Å². The van der Waals surface area contributed by atoms with Gasteiger partial charge in [-0.3, -0.25) is 0 Å². The maximum absolute atomic E-state index is 7.18. The fourth-order valence-electron chi connectivity index (χ4n) is 12.4. The fourth-order valence-corrected chi connectivity index (χ4v) is 14.5. The second kappa shape index (κ2) is 39.6. The standard InChI is InChI=1S/C76H112N2O2S2/c1-5-9-13-17-21-25-29-33-37-41-45-61-49-53-63(54-50-61)75-77-71-69(67-59-57-65(81-67)47-43-39-35-31-27-23-19-15-11-7-3)74-72(70(73(71)79-75)68-60-58-66(82-68)48-44-40-36-32-28-24-20-16-12-8-4)78-76(80-74)64-55-51-62(52-56-64)46-42-38-34-30-26-22-18-14-10-6-2/h49-60H,5-48H2,1-4H3. The van der Waals surface area contributed by atoms with Crippen molar-refractivity contribution in [2.24, 2.45) is 0 Å². The van der Waals surface area contributed by atoms with Gasteiger partial charge in [0.25, 0.3) is 0 Å². The summed E-state index contributed by atoms with van der Waals surface area (Å²) in [5.41, 5.74) is 10.2. The molecule has 450 valence electrons. The summed E-state index contributed by atoms with van der Waals surface area (Å²) >= 11 is 3.81. The third-order valence-electron chi connectivity index (χ3n) is 17.6. The van der Waals surface area contributed by atoms with Gasteiger partial charge in [-0.2, -0.15) is 0 Å². The first-order valence-electron chi connectivity index (χ1n) is 34.7. The molecule has 0 aliphatic carbocycles. The van der Waals surface area contributed by atoms with Gasteiger partial charge in [0, 0.05) is 30.6 Å². The molecule has 7 aromatic rings. The molecule has 0 saturated carbocycles. The molecule has 4 aromatic heterocycles. The topological polar surface area (TPSA) is 52.1 Å². The fraction of sp³-hybridized carbons (Fsp3) is 0.632. The summed E-state index contributed by atoms with van der Waals surface area (Å²) in [4.78, 5) is 16.2. The number of hydrogen-bond donors (Lipinski definition) is 0. The molecule has 4 heterocycles. The minimum atomic E-state index is 0.665. The Balaban J connectivity index is 1.13. The monoisotopic (exact) mass is 1150 g/mol. The van der Waals surface area contributed by atoms with E-state index in [0.29, 0.717) is 11.8 Å². The molecule has 0 spiro atoms. The van der Waals surface area contributed by atoms with Crippen LogP contribution in [0, 0.1) is 0 Å². The summed E-state index contributed by atoms with van der Waals surface area (Å²) < 4.78 is 14.4. The Morgan fingerprint density at radius 2 is 0.537 bits per heavy atom. The molecule has 3 aromatic carbocycles. The van der Waals surface area contributed by atoms with Crippen LogP contribution in [0.25, 0.3) is 66.0 Å². The molecule has 0 atom stereocenters. The Labute approximate surface area is 508 Å². The first kappa shape index (κ1) is 65.5. The van der Waals surface area contributed by atoms with Crippen LogP contribution in [0.3, 0.4) is 0 Å². The van der Waals surface area contributed by atoms with Gasteiger partial charge in [0.1, 0.15) is 11.0 Å². The highest BCUT2D eigenvalue weighted by molar-refractivity contribution is 7.16. The van der Waals surface area contributed by atoms with Crippen molar-refractivity contribution >= 4 is 44.9 Å². The highest BCUT2D eigenvalue weighted by Crippen LogP contribution is 2.49. The maximum Gasteiger partial charge on any atom is 0.227 e. The first-order valence-corrected chi connectivity index (χ1v) is 36.4. The number of nitrogens with zero attached hydrogens (tertiary/aromatic N) is 2. The predicted octanol–water partition coefficient (Wildman–Crippen LogP) is 26.6. The molecule has 7 rings (SSSR count). The van der Waals surface area contributed by atoms with Crippen molar-refractivity contribution in [1.29, 1.82) is 0 Å². The van der Waals surface area contributed by atoms with E-state index in [1.165, 1.54) is 287 Å². The van der Waals surface area contributed by atoms with Crippen LogP contribution in [0.2, 0.25) is 0 Å². The van der Waals surface area contributed by atoms with Crippen LogP contribution in [0.1, 0.15) is 305 Å². The number of hydrogen-bond acceptors (Lipinski definition) is 6. The zero-order chi connectivity index (χ0) is 57.1. The smallest absolute Gasteiger partial charge is 0.227 e. The van der Waals surface area contributed by atoms with Crippen molar-refractivity contribution in [1.82, 2.24) is 9.97 Å². The molecule has 82 heavy (non-hydrogen) atoms. The summed E-state index contributed by atoms with van der Waals surface area (Å²) in [7, 11) is 0. The third-order valence-corrected chi connectivity index (χ3v) is 19.9. The number of oxazole rings is 2. The highest BCUT2D eigenvalue weighted by Gasteiger charge is 2.29. The molecule has 4 nitrogen and oxygen atoms in total. The lowest BCUT2D eigenvalue weighted by Gasteiger charge is -2.06. The van der Waals surface area contributed by atoms with Crippen molar-refractivity contribution in [3.05, 3.63) is 93.7 Å². The minimum Gasteiger partial charge on any atom is -0.435 e. The van der Waals surface area contributed by atoms with Crippen LogP contribution in [-0.4, -0.2) is 9.97 Å². The zero-order valence-corrected chi connectivity index (χ0v) is 54.2. The van der Waals surface area contributed by atoms with Crippen LogP contribution >= 0.6 is 22.7 Å². The number of benzene rings is 3. The second-order valence-electron chi connectivity index (χ2n) is 24.8. The molecule has 0 radical (unpaired) electrons. The SMILES string of the molecule is CCCCCCCCCCCCc1ccc(-c2nc3c(-c4ccc(CCCCCCCCCCCC)s4)c4oc(-c5ccc(CCCCCCCCCCCC)cc5)nc4c(-c4ccc(CCCCCCCCCCCC)s4)c3o2)cc1. The quantitative estimate of drug-likeness (QED) is 0.0357. The van der Waals surface area contributed by atoms with Crippen LogP contribution in [0.15, 0.2) is 81.6 Å². The van der Waals surface area contributed by atoms with E-state index >= 15 is 0 Å². The van der Waals surface area contributed by atoms with Gasteiger partial charge in [0.15, 0.2) is 11.2 Å². The summed E-state index contributed by atoms with van der Waals surface area (Å²) in [6.45, 7) is 9.22. The summed E-state index contributed by atoms with van der Waals surface area (Å²) in [5.74, 6) is 1.33. The average Bonchev–Trinajstić information content (AvgIpc) is 3.85. The van der Waals surface area contributed by atoms with Crippen LogP contribution in [-0.2, 0) is 25.7 Å². The molecule has 6 heteroatoms.